The van der Waals surface area contributed by atoms with E-state index in [4.69, 9.17) is 4.52 Å². The zero-order valence-electron chi connectivity index (χ0n) is 15.6. The van der Waals surface area contributed by atoms with Gasteiger partial charge in [0.15, 0.2) is 5.82 Å². The molecular formula is C18H24N6OS. The van der Waals surface area contributed by atoms with Gasteiger partial charge >= 0.3 is 0 Å². The second-order valence-electron chi connectivity index (χ2n) is 6.55. The van der Waals surface area contributed by atoms with E-state index in [-0.39, 0.29) is 11.2 Å². The van der Waals surface area contributed by atoms with Crippen molar-refractivity contribution in [1.29, 1.82) is 0 Å². The van der Waals surface area contributed by atoms with Gasteiger partial charge in [0.1, 0.15) is 0 Å². The lowest BCUT2D eigenvalue weighted by Gasteiger charge is -2.08. The van der Waals surface area contributed by atoms with Crippen LogP contribution >= 0.6 is 11.8 Å². The summed E-state index contributed by atoms with van der Waals surface area (Å²) >= 11 is 1.50. The van der Waals surface area contributed by atoms with Crippen molar-refractivity contribution in [3.63, 3.8) is 0 Å². The van der Waals surface area contributed by atoms with Crippen molar-refractivity contribution in [3.8, 4) is 5.69 Å². The fraction of sp³-hybridized carbons (Fsp3) is 0.500. The van der Waals surface area contributed by atoms with Crippen molar-refractivity contribution in [3.05, 3.63) is 41.5 Å². The molecule has 0 saturated heterocycles. The highest BCUT2D eigenvalue weighted by Crippen LogP contribution is 2.33. The average molecular weight is 372 g/mol. The molecule has 0 spiro atoms. The lowest BCUT2D eigenvalue weighted by atomic mass is 10.1. The first-order valence-corrected chi connectivity index (χ1v) is 9.84. The van der Waals surface area contributed by atoms with Crippen LogP contribution in [0.2, 0.25) is 0 Å². The summed E-state index contributed by atoms with van der Waals surface area (Å²) < 4.78 is 7.12. The highest BCUT2D eigenvalue weighted by atomic mass is 32.2. The van der Waals surface area contributed by atoms with Gasteiger partial charge in [0, 0.05) is 5.92 Å². The lowest BCUT2D eigenvalue weighted by Crippen LogP contribution is -2.01. The maximum absolute atomic E-state index is 5.38. The average Bonchev–Trinajstić information content (AvgIpc) is 3.30. The van der Waals surface area contributed by atoms with Crippen LogP contribution in [-0.2, 0) is 6.42 Å². The van der Waals surface area contributed by atoms with E-state index in [9.17, 15) is 0 Å². The number of aromatic nitrogens is 6. The number of tetrazole rings is 1. The van der Waals surface area contributed by atoms with Crippen LogP contribution in [0.25, 0.3) is 5.69 Å². The molecule has 0 N–H and O–H groups in total. The Kier molecular flexibility index (Phi) is 6.03. The molecule has 0 aliphatic rings. The Morgan fingerprint density at radius 2 is 1.92 bits per heavy atom. The highest BCUT2D eigenvalue weighted by molar-refractivity contribution is 7.99. The van der Waals surface area contributed by atoms with Crippen LogP contribution in [0.15, 0.2) is 33.9 Å². The van der Waals surface area contributed by atoms with Gasteiger partial charge in [-0.25, -0.2) is 0 Å². The van der Waals surface area contributed by atoms with E-state index in [2.05, 4.69) is 56.9 Å². The summed E-state index contributed by atoms with van der Waals surface area (Å²) in [6.45, 7) is 8.29. The van der Waals surface area contributed by atoms with Crippen LogP contribution in [0.5, 0.6) is 0 Å². The van der Waals surface area contributed by atoms with Gasteiger partial charge in [-0.1, -0.05) is 56.2 Å². The summed E-state index contributed by atoms with van der Waals surface area (Å²) in [7, 11) is 0. The third kappa shape index (κ3) is 4.30. The molecule has 8 heteroatoms. The molecule has 2 aromatic heterocycles. The maximum atomic E-state index is 5.38. The van der Waals surface area contributed by atoms with E-state index in [0.717, 1.165) is 17.9 Å². The second kappa shape index (κ2) is 8.44. The molecule has 3 rings (SSSR count). The fourth-order valence-electron chi connectivity index (χ4n) is 2.45. The van der Waals surface area contributed by atoms with Crippen molar-refractivity contribution in [2.24, 2.45) is 0 Å². The fourth-order valence-corrected chi connectivity index (χ4v) is 3.29. The standard InChI is InChI=1S/C18H24N6OS/c1-5-6-7-14-8-10-15(11-9-14)24-18(20-22-23-24)26-13(4)17-19-16(12(2)3)21-25-17/h8-13H,5-7H2,1-4H3. The molecule has 1 atom stereocenters. The highest BCUT2D eigenvalue weighted by Gasteiger charge is 2.20. The normalized spacial score (nSPS) is 12.7. The van der Waals surface area contributed by atoms with Gasteiger partial charge in [-0.05, 0) is 47.9 Å². The van der Waals surface area contributed by atoms with E-state index in [1.165, 1.54) is 30.2 Å². The third-order valence-corrected chi connectivity index (χ3v) is 5.07. The van der Waals surface area contributed by atoms with Crippen LogP contribution in [-0.4, -0.2) is 30.3 Å². The number of hydrogen-bond donors (Lipinski definition) is 0. The molecule has 26 heavy (non-hydrogen) atoms. The molecule has 0 bridgehead atoms. The topological polar surface area (TPSA) is 82.5 Å². The number of unbranched alkanes of at least 4 members (excludes halogenated alkanes) is 1. The van der Waals surface area contributed by atoms with Crippen molar-refractivity contribution < 1.29 is 4.52 Å². The first-order valence-electron chi connectivity index (χ1n) is 8.96. The maximum Gasteiger partial charge on any atom is 0.239 e. The molecule has 3 aromatic rings. The number of nitrogens with zero attached hydrogens (tertiary/aromatic N) is 6. The van der Waals surface area contributed by atoms with E-state index in [0.29, 0.717) is 11.0 Å². The molecule has 1 aromatic carbocycles. The number of hydrogen-bond acceptors (Lipinski definition) is 7. The van der Waals surface area contributed by atoms with Gasteiger partial charge in [-0.2, -0.15) is 9.67 Å². The van der Waals surface area contributed by atoms with Gasteiger partial charge < -0.3 is 4.52 Å². The largest absolute Gasteiger partial charge is 0.338 e. The number of aryl methyl sites for hydroxylation is 1. The summed E-state index contributed by atoms with van der Waals surface area (Å²) in [6, 6.07) is 8.38. The molecule has 0 aliphatic heterocycles. The monoisotopic (exact) mass is 372 g/mol. The predicted octanol–water partition coefficient (Wildman–Crippen LogP) is 4.36. The van der Waals surface area contributed by atoms with E-state index >= 15 is 0 Å². The second-order valence-corrected chi connectivity index (χ2v) is 7.86. The van der Waals surface area contributed by atoms with Crippen LogP contribution in [0, 0.1) is 0 Å². The summed E-state index contributed by atoms with van der Waals surface area (Å²) in [4.78, 5) is 4.46. The minimum Gasteiger partial charge on any atom is -0.338 e. The Balaban J connectivity index is 1.73. The Morgan fingerprint density at radius 1 is 1.15 bits per heavy atom. The van der Waals surface area contributed by atoms with Crippen LogP contribution in [0.1, 0.15) is 69.0 Å². The van der Waals surface area contributed by atoms with E-state index in [1.807, 2.05) is 20.8 Å². The van der Waals surface area contributed by atoms with Crippen molar-refractivity contribution >= 4 is 11.8 Å². The predicted molar refractivity (Wildman–Crippen MR) is 100 cm³/mol. The molecule has 2 heterocycles. The van der Waals surface area contributed by atoms with Crippen molar-refractivity contribution in [2.45, 2.75) is 63.3 Å². The van der Waals surface area contributed by atoms with Crippen molar-refractivity contribution in [1.82, 2.24) is 30.3 Å². The van der Waals surface area contributed by atoms with E-state index < -0.39 is 0 Å². The first-order chi connectivity index (χ1) is 12.6. The van der Waals surface area contributed by atoms with Crippen molar-refractivity contribution in [2.75, 3.05) is 0 Å². The molecule has 0 radical (unpaired) electrons. The number of rotatable bonds is 8. The molecule has 7 nitrogen and oxygen atoms in total. The van der Waals surface area contributed by atoms with Gasteiger partial charge in [0.25, 0.3) is 0 Å². The quantitative estimate of drug-likeness (QED) is 0.543. The summed E-state index contributed by atoms with van der Waals surface area (Å²) in [5.74, 6) is 1.54. The van der Waals surface area contributed by atoms with Crippen LogP contribution in [0.3, 0.4) is 0 Å². The van der Waals surface area contributed by atoms with Gasteiger partial charge in [-0.3, -0.25) is 0 Å². The smallest absolute Gasteiger partial charge is 0.239 e. The zero-order valence-corrected chi connectivity index (χ0v) is 16.4. The number of thioether (sulfide) groups is 1. The summed E-state index contributed by atoms with van der Waals surface area (Å²) in [6.07, 6.45) is 3.49. The van der Waals surface area contributed by atoms with Gasteiger partial charge in [0.2, 0.25) is 11.0 Å². The van der Waals surface area contributed by atoms with Crippen LogP contribution in [0.4, 0.5) is 0 Å². The molecule has 138 valence electrons. The lowest BCUT2D eigenvalue weighted by molar-refractivity contribution is 0.373. The third-order valence-electron chi connectivity index (χ3n) is 4.04. The summed E-state index contributed by atoms with van der Waals surface area (Å²) in [5.41, 5.74) is 2.27. The zero-order chi connectivity index (χ0) is 18.5. The number of benzene rings is 1. The molecule has 0 amide bonds. The molecule has 0 saturated carbocycles. The Bertz CT molecular complexity index is 826. The Morgan fingerprint density at radius 3 is 2.58 bits per heavy atom. The molecular weight excluding hydrogens is 348 g/mol. The Labute approximate surface area is 157 Å². The Hall–Kier alpha value is -2.22. The first kappa shape index (κ1) is 18.6. The minimum atomic E-state index is -0.0384. The molecule has 0 fully saturated rings. The molecule has 1 unspecified atom stereocenters. The molecule has 0 aliphatic carbocycles. The summed E-state index contributed by atoms with van der Waals surface area (Å²) in [5, 5.41) is 16.8. The minimum absolute atomic E-state index is 0.0384. The van der Waals surface area contributed by atoms with Gasteiger partial charge in [0.05, 0.1) is 10.9 Å². The van der Waals surface area contributed by atoms with Crippen LogP contribution < -0.4 is 0 Å². The van der Waals surface area contributed by atoms with Gasteiger partial charge in [-0.15, -0.1) is 5.10 Å². The SMILES string of the molecule is CCCCc1ccc(-n2nnnc2SC(C)c2nc(C(C)C)no2)cc1. The van der Waals surface area contributed by atoms with E-state index in [1.54, 1.807) is 4.68 Å².